The normalized spacial score (nSPS) is 10.6. The predicted molar refractivity (Wildman–Crippen MR) is 76.5 cm³/mol. The minimum Gasteiger partial charge on any atom is -0.508 e. The van der Waals surface area contributed by atoms with Crippen molar-refractivity contribution in [3.05, 3.63) is 23.3 Å². The molecule has 0 radical (unpaired) electrons. The molecule has 102 valence electrons. The molecular formula is C16H26O2. The average molecular weight is 250 g/mol. The van der Waals surface area contributed by atoms with Crippen LogP contribution in [0.2, 0.25) is 0 Å². The zero-order chi connectivity index (χ0) is 13.4. The molecule has 1 rings (SSSR count). The Bertz CT molecular complexity index is 358. The number of rotatable bonds is 8. The number of unbranched alkanes of at least 4 members (excludes halogenated alkanes) is 5. The first-order valence-corrected chi connectivity index (χ1v) is 7.08. The van der Waals surface area contributed by atoms with Crippen LogP contribution in [0.25, 0.3) is 0 Å². The van der Waals surface area contributed by atoms with Gasteiger partial charge in [0.1, 0.15) is 11.5 Å². The van der Waals surface area contributed by atoms with E-state index in [4.69, 9.17) is 4.74 Å². The predicted octanol–water partition coefficient (Wildman–Crippen LogP) is 4.75. The lowest BCUT2D eigenvalue weighted by atomic mass is 10.1. The Morgan fingerprint density at radius 1 is 1.00 bits per heavy atom. The molecule has 0 heterocycles. The van der Waals surface area contributed by atoms with Gasteiger partial charge in [-0.15, -0.1) is 0 Å². The molecule has 0 aliphatic rings. The molecule has 0 saturated heterocycles. The van der Waals surface area contributed by atoms with Crippen LogP contribution in [0.4, 0.5) is 0 Å². The molecule has 2 nitrogen and oxygen atoms in total. The fourth-order valence-corrected chi connectivity index (χ4v) is 2.02. The van der Waals surface area contributed by atoms with Gasteiger partial charge in [-0.2, -0.15) is 0 Å². The van der Waals surface area contributed by atoms with Crippen molar-refractivity contribution in [1.29, 1.82) is 0 Å². The maximum atomic E-state index is 9.70. The molecule has 0 unspecified atom stereocenters. The third-order valence-electron chi connectivity index (χ3n) is 3.23. The number of phenols is 1. The van der Waals surface area contributed by atoms with Crippen LogP contribution in [-0.2, 0) is 0 Å². The van der Waals surface area contributed by atoms with Crippen LogP contribution in [0.5, 0.6) is 11.5 Å². The molecule has 1 aromatic carbocycles. The maximum absolute atomic E-state index is 9.70. The summed E-state index contributed by atoms with van der Waals surface area (Å²) >= 11 is 0. The van der Waals surface area contributed by atoms with Crippen LogP contribution >= 0.6 is 0 Å². The summed E-state index contributed by atoms with van der Waals surface area (Å²) in [6.45, 7) is 6.84. The number of phenolic OH excluding ortho intramolecular Hbond substituents is 1. The molecule has 1 N–H and O–H groups in total. The molecule has 1 aromatic rings. The van der Waals surface area contributed by atoms with E-state index >= 15 is 0 Å². The van der Waals surface area contributed by atoms with E-state index in [1.807, 2.05) is 19.9 Å². The summed E-state index contributed by atoms with van der Waals surface area (Å²) < 4.78 is 5.74. The summed E-state index contributed by atoms with van der Waals surface area (Å²) in [5.74, 6) is 1.15. The maximum Gasteiger partial charge on any atom is 0.126 e. The first kappa shape index (κ1) is 14.9. The van der Waals surface area contributed by atoms with Gasteiger partial charge in [0.05, 0.1) is 6.61 Å². The summed E-state index contributed by atoms with van der Waals surface area (Å²) in [7, 11) is 0. The number of aryl methyl sites for hydroxylation is 1. The zero-order valence-corrected chi connectivity index (χ0v) is 12.0. The summed E-state index contributed by atoms with van der Waals surface area (Å²) in [6.07, 6.45) is 7.59. The Kier molecular flexibility index (Phi) is 6.63. The molecule has 0 aliphatic heterocycles. The fourth-order valence-electron chi connectivity index (χ4n) is 2.02. The molecule has 0 bridgehead atoms. The molecule has 0 atom stereocenters. The lowest BCUT2D eigenvalue weighted by molar-refractivity contribution is 0.300. The Hall–Kier alpha value is -1.18. The molecule has 0 amide bonds. The number of benzene rings is 1. The van der Waals surface area contributed by atoms with E-state index in [9.17, 15) is 5.11 Å². The van der Waals surface area contributed by atoms with Crippen LogP contribution in [-0.4, -0.2) is 11.7 Å². The van der Waals surface area contributed by atoms with Crippen molar-refractivity contribution in [2.75, 3.05) is 6.61 Å². The summed E-state index contributed by atoms with van der Waals surface area (Å²) in [5.41, 5.74) is 1.88. The number of ether oxygens (including phenoxy) is 1. The summed E-state index contributed by atoms with van der Waals surface area (Å²) in [4.78, 5) is 0. The van der Waals surface area contributed by atoms with Crippen molar-refractivity contribution in [2.24, 2.45) is 0 Å². The van der Waals surface area contributed by atoms with E-state index in [1.54, 1.807) is 6.07 Å². The van der Waals surface area contributed by atoms with Crippen LogP contribution in [0.1, 0.15) is 56.6 Å². The molecule has 0 spiro atoms. The molecular weight excluding hydrogens is 224 g/mol. The van der Waals surface area contributed by atoms with Crippen molar-refractivity contribution in [2.45, 2.75) is 59.3 Å². The Balaban J connectivity index is 2.27. The fraction of sp³-hybridized carbons (Fsp3) is 0.625. The Labute approximate surface area is 111 Å². The Morgan fingerprint density at radius 3 is 2.39 bits per heavy atom. The van der Waals surface area contributed by atoms with Gasteiger partial charge in [-0.3, -0.25) is 0 Å². The molecule has 0 aromatic heterocycles. The largest absolute Gasteiger partial charge is 0.508 e. The smallest absolute Gasteiger partial charge is 0.126 e. The summed E-state index contributed by atoms with van der Waals surface area (Å²) in [5, 5.41) is 9.70. The SMILES string of the molecule is CCCCCCCCOc1cc(C)cc(O)c1C. The minimum atomic E-state index is 0.327. The van der Waals surface area contributed by atoms with E-state index in [0.29, 0.717) is 5.75 Å². The quantitative estimate of drug-likeness (QED) is 0.675. The highest BCUT2D eigenvalue weighted by Crippen LogP contribution is 2.28. The molecule has 0 fully saturated rings. The number of hydrogen-bond donors (Lipinski definition) is 1. The third-order valence-corrected chi connectivity index (χ3v) is 3.23. The first-order valence-electron chi connectivity index (χ1n) is 7.08. The molecule has 2 heteroatoms. The van der Waals surface area contributed by atoms with Crippen LogP contribution in [0.15, 0.2) is 12.1 Å². The van der Waals surface area contributed by atoms with Gasteiger partial charge in [0, 0.05) is 5.56 Å². The highest BCUT2D eigenvalue weighted by atomic mass is 16.5. The zero-order valence-electron chi connectivity index (χ0n) is 12.0. The summed E-state index contributed by atoms with van der Waals surface area (Å²) in [6, 6.07) is 3.76. The topological polar surface area (TPSA) is 29.5 Å². The highest BCUT2D eigenvalue weighted by molar-refractivity contribution is 5.45. The highest BCUT2D eigenvalue weighted by Gasteiger charge is 2.05. The van der Waals surface area contributed by atoms with Gasteiger partial charge >= 0.3 is 0 Å². The molecule has 0 aliphatic carbocycles. The third kappa shape index (κ3) is 4.99. The lowest BCUT2D eigenvalue weighted by Gasteiger charge is -2.11. The van der Waals surface area contributed by atoms with Crippen molar-refractivity contribution in [1.82, 2.24) is 0 Å². The van der Waals surface area contributed by atoms with E-state index in [0.717, 1.165) is 29.9 Å². The van der Waals surface area contributed by atoms with E-state index in [2.05, 4.69) is 6.92 Å². The first-order chi connectivity index (χ1) is 8.65. The van der Waals surface area contributed by atoms with E-state index in [-0.39, 0.29) is 0 Å². The van der Waals surface area contributed by atoms with Gasteiger partial charge in [0.25, 0.3) is 0 Å². The van der Waals surface area contributed by atoms with E-state index in [1.165, 1.54) is 32.1 Å². The molecule has 18 heavy (non-hydrogen) atoms. The second kappa shape index (κ2) is 8.02. The average Bonchev–Trinajstić information content (AvgIpc) is 2.33. The van der Waals surface area contributed by atoms with Gasteiger partial charge in [-0.25, -0.2) is 0 Å². The van der Waals surface area contributed by atoms with Crippen LogP contribution < -0.4 is 4.74 Å². The second-order valence-electron chi connectivity index (χ2n) is 5.02. The van der Waals surface area contributed by atoms with Crippen molar-refractivity contribution in [3.8, 4) is 11.5 Å². The monoisotopic (exact) mass is 250 g/mol. The van der Waals surface area contributed by atoms with Crippen molar-refractivity contribution >= 4 is 0 Å². The van der Waals surface area contributed by atoms with Gasteiger partial charge in [-0.1, -0.05) is 39.0 Å². The van der Waals surface area contributed by atoms with Gasteiger partial charge in [0.15, 0.2) is 0 Å². The van der Waals surface area contributed by atoms with Gasteiger partial charge in [-0.05, 0) is 38.0 Å². The van der Waals surface area contributed by atoms with E-state index < -0.39 is 0 Å². The van der Waals surface area contributed by atoms with Gasteiger partial charge in [0.2, 0.25) is 0 Å². The van der Waals surface area contributed by atoms with Crippen LogP contribution in [0, 0.1) is 13.8 Å². The molecule has 0 saturated carbocycles. The Morgan fingerprint density at radius 2 is 1.67 bits per heavy atom. The number of aromatic hydroxyl groups is 1. The van der Waals surface area contributed by atoms with Gasteiger partial charge < -0.3 is 9.84 Å². The van der Waals surface area contributed by atoms with Crippen molar-refractivity contribution < 1.29 is 9.84 Å². The second-order valence-corrected chi connectivity index (χ2v) is 5.02. The standard InChI is InChI=1S/C16H26O2/c1-4-5-6-7-8-9-10-18-16-12-13(2)11-15(17)14(16)3/h11-12,17H,4-10H2,1-3H3. The number of hydrogen-bond acceptors (Lipinski definition) is 2. The minimum absolute atomic E-state index is 0.327. The van der Waals surface area contributed by atoms with Crippen LogP contribution in [0.3, 0.4) is 0 Å². The lowest BCUT2D eigenvalue weighted by Crippen LogP contribution is -1.99. The van der Waals surface area contributed by atoms with Crippen molar-refractivity contribution in [3.63, 3.8) is 0 Å².